The Morgan fingerprint density at radius 2 is 1.71 bits per heavy atom. The molecule has 0 spiro atoms. The lowest BCUT2D eigenvalue weighted by Crippen LogP contribution is -2.39. The SMILES string of the molecule is N#CCN(C(=O)CC1CCCC1)C1CCCC1. The molecule has 2 rings (SSSR count). The van der Waals surface area contributed by atoms with Crippen LogP contribution in [0.15, 0.2) is 0 Å². The van der Waals surface area contributed by atoms with Crippen LogP contribution in [0.5, 0.6) is 0 Å². The van der Waals surface area contributed by atoms with Gasteiger partial charge in [-0.25, -0.2) is 0 Å². The summed E-state index contributed by atoms with van der Waals surface area (Å²) in [5.74, 6) is 0.815. The van der Waals surface area contributed by atoms with E-state index in [2.05, 4.69) is 6.07 Å². The first-order valence-corrected chi connectivity index (χ1v) is 6.97. The van der Waals surface area contributed by atoms with E-state index in [-0.39, 0.29) is 12.5 Å². The number of carbonyl (C=O) groups is 1. The Labute approximate surface area is 104 Å². The molecule has 2 fully saturated rings. The summed E-state index contributed by atoms with van der Waals surface area (Å²) < 4.78 is 0. The predicted octanol–water partition coefficient (Wildman–Crippen LogP) is 2.86. The number of rotatable bonds is 4. The third-order valence-corrected chi connectivity index (χ3v) is 4.26. The van der Waals surface area contributed by atoms with Gasteiger partial charge in [0.1, 0.15) is 6.54 Å². The fourth-order valence-electron chi connectivity index (χ4n) is 3.29. The second-order valence-corrected chi connectivity index (χ2v) is 5.47. The van der Waals surface area contributed by atoms with Crippen molar-refractivity contribution in [1.82, 2.24) is 4.90 Å². The smallest absolute Gasteiger partial charge is 0.223 e. The van der Waals surface area contributed by atoms with Gasteiger partial charge in [-0.2, -0.15) is 5.26 Å². The van der Waals surface area contributed by atoms with E-state index < -0.39 is 0 Å². The standard InChI is InChI=1S/C14H22N2O/c15-9-10-16(13-7-3-4-8-13)14(17)11-12-5-1-2-6-12/h12-13H,1-8,10-11H2. The fourth-order valence-corrected chi connectivity index (χ4v) is 3.29. The highest BCUT2D eigenvalue weighted by molar-refractivity contribution is 5.77. The van der Waals surface area contributed by atoms with Gasteiger partial charge in [0.15, 0.2) is 0 Å². The summed E-state index contributed by atoms with van der Waals surface area (Å²) in [5.41, 5.74) is 0. The Morgan fingerprint density at radius 3 is 2.29 bits per heavy atom. The van der Waals surface area contributed by atoms with E-state index in [0.717, 1.165) is 12.8 Å². The van der Waals surface area contributed by atoms with Crippen molar-refractivity contribution < 1.29 is 4.79 Å². The first kappa shape index (κ1) is 12.4. The van der Waals surface area contributed by atoms with Gasteiger partial charge in [-0.05, 0) is 31.6 Å². The molecule has 0 aliphatic heterocycles. The molecule has 2 aliphatic rings. The maximum atomic E-state index is 12.3. The van der Waals surface area contributed by atoms with Crippen LogP contribution in [0, 0.1) is 17.2 Å². The van der Waals surface area contributed by atoms with Crippen LogP contribution in [0.3, 0.4) is 0 Å². The lowest BCUT2D eigenvalue weighted by molar-refractivity contribution is -0.133. The molecule has 0 saturated heterocycles. The summed E-state index contributed by atoms with van der Waals surface area (Å²) in [6, 6.07) is 2.51. The molecule has 0 heterocycles. The highest BCUT2D eigenvalue weighted by Gasteiger charge is 2.28. The molecule has 17 heavy (non-hydrogen) atoms. The van der Waals surface area contributed by atoms with Crippen molar-refractivity contribution in [3.8, 4) is 6.07 Å². The molecule has 0 aromatic heterocycles. The molecule has 2 aliphatic carbocycles. The van der Waals surface area contributed by atoms with Crippen LogP contribution in [0.2, 0.25) is 0 Å². The van der Waals surface area contributed by atoms with E-state index in [1.54, 1.807) is 0 Å². The number of nitrogens with zero attached hydrogens (tertiary/aromatic N) is 2. The fraction of sp³-hybridized carbons (Fsp3) is 0.857. The molecule has 3 heteroatoms. The van der Waals surface area contributed by atoms with Crippen LogP contribution in [-0.2, 0) is 4.79 Å². The molecular weight excluding hydrogens is 212 g/mol. The van der Waals surface area contributed by atoms with Crippen molar-refractivity contribution in [2.45, 2.75) is 63.8 Å². The minimum absolute atomic E-state index is 0.227. The first-order chi connectivity index (χ1) is 8.31. The van der Waals surface area contributed by atoms with Gasteiger partial charge in [0.05, 0.1) is 6.07 Å². The van der Waals surface area contributed by atoms with Crippen molar-refractivity contribution >= 4 is 5.91 Å². The zero-order chi connectivity index (χ0) is 12.1. The first-order valence-electron chi connectivity index (χ1n) is 6.97. The van der Waals surface area contributed by atoms with E-state index in [4.69, 9.17) is 5.26 Å². The van der Waals surface area contributed by atoms with E-state index >= 15 is 0 Å². The summed E-state index contributed by atoms with van der Waals surface area (Å²) in [6.45, 7) is 0.288. The summed E-state index contributed by atoms with van der Waals surface area (Å²) in [5, 5.41) is 8.86. The molecule has 0 bridgehead atoms. The Hall–Kier alpha value is -1.04. The molecule has 0 N–H and O–H groups in total. The van der Waals surface area contributed by atoms with Crippen LogP contribution in [0.4, 0.5) is 0 Å². The summed E-state index contributed by atoms with van der Waals surface area (Å²) in [6.07, 6.45) is 10.3. The van der Waals surface area contributed by atoms with Gasteiger partial charge in [0.25, 0.3) is 0 Å². The average Bonchev–Trinajstić information content (AvgIpc) is 2.97. The summed E-state index contributed by atoms with van der Waals surface area (Å²) in [7, 11) is 0. The topological polar surface area (TPSA) is 44.1 Å². The third kappa shape index (κ3) is 3.21. The van der Waals surface area contributed by atoms with Gasteiger partial charge in [0, 0.05) is 12.5 Å². The molecular formula is C14H22N2O. The van der Waals surface area contributed by atoms with E-state index in [1.165, 1.54) is 38.5 Å². The molecule has 0 aromatic carbocycles. The second kappa shape index (κ2) is 6.05. The summed E-state index contributed by atoms with van der Waals surface area (Å²) in [4.78, 5) is 14.1. The monoisotopic (exact) mass is 234 g/mol. The van der Waals surface area contributed by atoms with Gasteiger partial charge in [-0.3, -0.25) is 4.79 Å². The van der Waals surface area contributed by atoms with Gasteiger partial charge < -0.3 is 4.90 Å². The number of amides is 1. The molecule has 1 amide bonds. The predicted molar refractivity (Wildman–Crippen MR) is 66.2 cm³/mol. The maximum absolute atomic E-state index is 12.3. The minimum atomic E-state index is 0.227. The molecule has 94 valence electrons. The van der Waals surface area contributed by atoms with Crippen molar-refractivity contribution in [3.05, 3.63) is 0 Å². The zero-order valence-corrected chi connectivity index (χ0v) is 10.5. The second-order valence-electron chi connectivity index (χ2n) is 5.47. The van der Waals surface area contributed by atoms with E-state index in [1.807, 2.05) is 4.90 Å². The molecule has 0 radical (unpaired) electrons. The normalized spacial score (nSPS) is 21.6. The Bertz CT molecular complexity index is 296. The number of carbonyl (C=O) groups excluding carboxylic acids is 1. The van der Waals surface area contributed by atoms with Crippen LogP contribution in [0.25, 0.3) is 0 Å². The van der Waals surface area contributed by atoms with Gasteiger partial charge in [-0.15, -0.1) is 0 Å². The molecule has 2 saturated carbocycles. The maximum Gasteiger partial charge on any atom is 0.223 e. The Kier molecular flexibility index (Phi) is 4.42. The molecule has 3 nitrogen and oxygen atoms in total. The molecule has 0 aromatic rings. The van der Waals surface area contributed by atoms with Gasteiger partial charge in [0.2, 0.25) is 5.91 Å². The van der Waals surface area contributed by atoms with Crippen molar-refractivity contribution in [2.75, 3.05) is 6.54 Å². The highest BCUT2D eigenvalue weighted by Crippen LogP contribution is 2.30. The number of hydrogen-bond donors (Lipinski definition) is 0. The minimum Gasteiger partial charge on any atom is -0.326 e. The van der Waals surface area contributed by atoms with Crippen molar-refractivity contribution in [2.24, 2.45) is 5.92 Å². The molecule has 0 atom stereocenters. The quantitative estimate of drug-likeness (QED) is 0.702. The largest absolute Gasteiger partial charge is 0.326 e. The van der Waals surface area contributed by atoms with Crippen LogP contribution < -0.4 is 0 Å². The lowest BCUT2D eigenvalue weighted by Gasteiger charge is -2.27. The van der Waals surface area contributed by atoms with Crippen LogP contribution in [0.1, 0.15) is 57.8 Å². The van der Waals surface area contributed by atoms with E-state index in [0.29, 0.717) is 18.4 Å². The lowest BCUT2D eigenvalue weighted by atomic mass is 10.0. The number of nitriles is 1. The zero-order valence-electron chi connectivity index (χ0n) is 10.5. The van der Waals surface area contributed by atoms with Gasteiger partial charge >= 0.3 is 0 Å². The molecule has 0 unspecified atom stereocenters. The van der Waals surface area contributed by atoms with Crippen molar-refractivity contribution in [1.29, 1.82) is 5.26 Å². The third-order valence-electron chi connectivity index (χ3n) is 4.26. The Balaban J connectivity index is 1.89. The Morgan fingerprint density at radius 1 is 1.12 bits per heavy atom. The average molecular weight is 234 g/mol. The van der Waals surface area contributed by atoms with E-state index in [9.17, 15) is 4.79 Å². The highest BCUT2D eigenvalue weighted by atomic mass is 16.2. The number of hydrogen-bond acceptors (Lipinski definition) is 2. The van der Waals surface area contributed by atoms with Gasteiger partial charge in [-0.1, -0.05) is 25.7 Å². The van der Waals surface area contributed by atoms with Crippen molar-refractivity contribution in [3.63, 3.8) is 0 Å². The summed E-state index contributed by atoms with van der Waals surface area (Å²) >= 11 is 0. The van der Waals surface area contributed by atoms with Crippen LogP contribution in [-0.4, -0.2) is 23.4 Å². The van der Waals surface area contributed by atoms with Crippen LogP contribution >= 0.6 is 0 Å².